The van der Waals surface area contributed by atoms with Crippen LogP contribution in [0.1, 0.15) is 5.56 Å². The van der Waals surface area contributed by atoms with E-state index in [0.717, 1.165) is 27.8 Å². The van der Waals surface area contributed by atoms with Gasteiger partial charge in [-0.2, -0.15) is 5.26 Å². The highest BCUT2D eigenvalue weighted by atomic mass is 15.0. The van der Waals surface area contributed by atoms with E-state index in [9.17, 15) is 5.26 Å². The molecule has 3 heteroatoms. The van der Waals surface area contributed by atoms with Crippen molar-refractivity contribution in [1.29, 1.82) is 5.26 Å². The highest BCUT2D eigenvalue weighted by molar-refractivity contribution is 6.11. The van der Waals surface area contributed by atoms with Gasteiger partial charge in [0.15, 0.2) is 0 Å². The Bertz CT molecular complexity index is 2260. The maximum atomic E-state index is 9.54. The van der Waals surface area contributed by atoms with Crippen molar-refractivity contribution in [1.82, 2.24) is 9.13 Å². The second kappa shape index (κ2) is 8.73. The predicted molar refractivity (Wildman–Crippen MR) is 165 cm³/mol. The Hall–Kier alpha value is -5.59. The fourth-order valence-electron chi connectivity index (χ4n) is 6.13. The quantitative estimate of drug-likeness (QED) is 0.233. The van der Waals surface area contributed by atoms with Gasteiger partial charge in [-0.25, -0.2) is 0 Å². The molecule has 0 saturated heterocycles. The molecule has 0 fully saturated rings. The van der Waals surface area contributed by atoms with Crippen LogP contribution in [0.25, 0.3) is 66.1 Å². The molecule has 0 radical (unpaired) electrons. The first-order chi connectivity index (χ1) is 19.8. The lowest BCUT2D eigenvalue weighted by atomic mass is 10.0. The van der Waals surface area contributed by atoms with Gasteiger partial charge < -0.3 is 9.13 Å². The van der Waals surface area contributed by atoms with E-state index in [1.54, 1.807) is 0 Å². The Kier molecular flexibility index (Phi) is 4.89. The van der Waals surface area contributed by atoms with Crippen LogP contribution in [0.5, 0.6) is 0 Å². The standard InChI is InChI=1S/C37H23N3/c38-24-25-14-20-32-30-10-4-6-12-34(30)40(37(32)22-25)29-18-15-26(16-19-29)27-17-21-36-33(23-27)31-11-5-7-13-35(31)39(36)28-8-2-1-3-9-28/h1-23H. The molecule has 40 heavy (non-hydrogen) atoms. The third-order valence-electron chi connectivity index (χ3n) is 7.95. The number of para-hydroxylation sites is 3. The van der Waals surface area contributed by atoms with Crippen molar-refractivity contribution < 1.29 is 0 Å². The van der Waals surface area contributed by atoms with Crippen LogP contribution >= 0.6 is 0 Å². The van der Waals surface area contributed by atoms with Crippen molar-refractivity contribution in [3.05, 3.63) is 145 Å². The molecule has 0 aliphatic heterocycles. The number of aromatic nitrogens is 2. The van der Waals surface area contributed by atoms with Gasteiger partial charge in [0.1, 0.15) is 0 Å². The van der Waals surface area contributed by atoms with Crippen molar-refractivity contribution in [3.63, 3.8) is 0 Å². The van der Waals surface area contributed by atoms with Gasteiger partial charge in [0, 0.05) is 32.9 Å². The summed E-state index contributed by atoms with van der Waals surface area (Å²) in [6.45, 7) is 0. The minimum absolute atomic E-state index is 0.663. The van der Waals surface area contributed by atoms with E-state index in [1.165, 1.54) is 38.3 Å². The Morgan fingerprint density at radius 2 is 0.950 bits per heavy atom. The lowest BCUT2D eigenvalue weighted by Crippen LogP contribution is -1.94. The van der Waals surface area contributed by atoms with E-state index in [1.807, 2.05) is 12.1 Å². The Morgan fingerprint density at radius 1 is 0.400 bits per heavy atom. The summed E-state index contributed by atoms with van der Waals surface area (Å²) in [6, 6.07) is 51.4. The zero-order valence-corrected chi connectivity index (χ0v) is 21.6. The summed E-state index contributed by atoms with van der Waals surface area (Å²) >= 11 is 0. The SMILES string of the molecule is N#Cc1ccc2c3ccccc3n(-c3ccc(-c4ccc5c(c4)c4ccccc4n5-c4ccccc4)cc3)c2c1. The average Bonchev–Trinajstić information content (AvgIpc) is 3.53. The first kappa shape index (κ1) is 22.4. The summed E-state index contributed by atoms with van der Waals surface area (Å²) in [6.07, 6.45) is 0. The van der Waals surface area contributed by atoms with Gasteiger partial charge in [0.25, 0.3) is 0 Å². The molecular weight excluding hydrogens is 486 g/mol. The molecule has 0 bridgehead atoms. The summed E-state index contributed by atoms with van der Waals surface area (Å²) in [5, 5.41) is 14.4. The second-order valence-corrected chi connectivity index (χ2v) is 10.2. The van der Waals surface area contributed by atoms with Crippen LogP contribution in [-0.4, -0.2) is 9.13 Å². The van der Waals surface area contributed by atoms with E-state index in [-0.39, 0.29) is 0 Å². The summed E-state index contributed by atoms with van der Waals surface area (Å²) in [4.78, 5) is 0. The second-order valence-electron chi connectivity index (χ2n) is 10.2. The van der Waals surface area contributed by atoms with Gasteiger partial charge in [0.05, 0.1) is 33.7 Å². The van der Waals surface area contributed by atoms with Crippen molar-refractivity contribution in [2.24, 2.45) is 0 Å². The maximum Gasteiger partial charge on any atom is 0.0992 e. The fourth-order valence-corrected chi connectivity index (χ4v) is 6.13. The first-order valence-corrected chi connectivity index (χ1v) is 13.4. The minimum atomic E-state index is 0.663. The molecule has 0 aliphatic carbocycles. The van der Waals surface area contributed by atoms with Gasteiger partial charge in [-0.3, -0.25) is 0 Å². The predicted octanol–water partition coefficient (Wildman–Crippen LogP) is 9.42. The third-order valence-corrected chi connectivity index (χ3v) is 7.95. The molecule has 6 aromatic carbocycles. The highest BCUT2D eigenvalue weighted by Crippen LogP contribution is 2.36. The van der Waals surface area contributed by atoms with E-state index in [2.05, 4.69) is 143 Å². The van der Waals surface area contributed by atoms with Crippen molar-refractivity contribution in [2.75, 3.05) is 0 Å². The van der Waals surface area contributed by atoms with Gasteiger partial charge in [0.2, 0.25) is 0 Å². The molecule has 0 spiro atoms. The summed E-state index contributed by atoms with van der Waals surface area (Å²) < 4.78 is 4.60. The topological polar surface area (TPSA) is 33.6 Å². The van der Waals surface area contributed by atoms with Gasteiger partial charge >= 0.3 is 0 Å². The highest BCUT2D eigenvalue weighted by Gasteiger charge is 2.15. The molecule has 186 valence electrons. The fraction of sp³-hybridized carbons (Fsp3) is 0. The van der Waals surface area contributed by atoms with E-state index in [4.69, 9.17) is 0 Å². The molecule has 0 N–H and O–H groups in total. The van der Waals surface area contributed by atoms with Gasteiger partial charge in [-0.15, -0.1) is 0 Å². The Labute approximate surface area is 231 Å². The van der Waals surface area contributed by atoms with E-state index < -0.39 is 0 Å². The zero-order valence-electron chi connectivity index (χ0n) is 21.6. The molecule has 8 rings (SSSR count). The van der Waals surface area contributed by atoms with Crippen molar-refractivity contribution >= 4 is 43.6 Å². The zero-order chi connectivity index (χ0) is 26.6. The molecule has 2 heterocycles. The smallest absolute Gasteiger partial charge is 0.0992 e. The summed E-state index contributed by atoms with van der Waals surface area (Å²) in [5.74, 6) is 0. The number of hydrogen-bond acceptors (Lipinski definition) is 1. The van der Waals surface area contributed by atoms with Crippen LogP contribution < -0.4 is 0 Å². The molecule has 2 aromatic heterocycles. The Morgan fingerprint density at radius 3 is 1.68 bits per heavy atom. The van der Waals surface area contributed by atoms with E-state index >= 15 is 0 Å². The lowest BCUT2D eigenvalue weighted by Gasteiger charge is -2.10. The molecule has 3 nitrogen and oxygen atoms in total. The van der Waals surface area contributed by atoms with E-state index in [0.29, 0.717) is 5.56 Å². The number of rotatable bonds is 3. The van der Waals surface area contributed by atoms with Crippen LogP contribution in [0.4, 0.5) is 0 Å². The number of nitriles is 1. The Balaban J connectivity index is 1.28. The average molecular weight is 510 g/mol. The monoisotopic (exact) mass is 509 g/mol. The number of benzene rings is 6. The molecule has 0 saturated carbocycles. The van der Waals surface area contributed by atoms with Crippen LogP contribution in [0.15, 0.2) is 140 Å². The third kappa shape index (κ3) is 3.30. The number of hydrogen-bond donors (Lipinski definition) is 0. The van der Waals surface area contributed by atoms with Gasteiger partial charge in [-0.1, -0.05) is 78.9 Å². The normalized spacial score (nSPS) is 11.5. The first-order valence-electron chi connectivity index (χ1n) is 13.4. The summed E-state index contributed by atoms with van der Waals surface area (Å²) in [5.41, 5.74) is 9.84. The van der Waals surface area contributed by atoms with Crippen molar-refractivity contribution in [3.8, 4) is 28.6 Å². The number of fused-ring (bicyclic) bond motifs is 6. The molecule has 0 amide bonds. The molecule has 0 unspecified atom stereocenters. The molecule has 8 aromatic rings. The van der Waals surface area contributed by atoms with Crippen LogP contribution in [0.2, 0.25) is 0 Å². The molecular formula is C37H23N3. The van der Waals surface area contributed by atoms with Crippen LogP contribution in [0, 0.1) is 11.3 Å². The van der Waals surface area contributed by atoms with Crippen molar-refractivity contribution in [2.45, 2.75) is 0 Å². The van der Waals surface area contributed by atoms with Gasteiger partial charge in [-0.05, 0) is 71.8 Å². The lowest BCUT2D eigenvalue weighted by molar-refractivity contribution is 1.18. The van der Waals surface area contributed by atoms with Crippen LogP contribution in [0.3, 0.4) is 0 Å². The minimum Gasteiger partial charge on any atom is -0.309 e. The van der Waals surface area contributed by atoms with Crippen LogP contribution in [-0.2, 0) is 0 Å². The molecule has 0 atom stereocenters. The summed E-state index contributed by atoms with van der Waals surface area (Å²) in [7, 11) is 0. The number of nitrogens with zero attached hydrogens (tertiary/aromatic N) is 3. The maximum absolute atomic E-state index is 9.54. The largest absolute Gasteiger partial charge is 0.309 e. The molecule has 0 aliphatic rings.